The Morgan fingerprint density at radius 1 is 0.963 bits per heavy atom. The van der Waals surface area contributed by atoms with Crippen LogP contribution in [0.4, 0.5) is 0 Å². The van der Waals surface area contributed by atoms with E-state index in [0.29, 0.717) is 5.92 Å². The van der Waals surface area contributed by atoms with Crippen molar-refractivity contribution in [2.75, 3.05) is 33.4 Å². The molecule has 0 bridgehead atoms. The maximum Gasteiger partial charge on any atom is 0.119 e. The van der Waals surface area contributed by atoms with Crippen LogP contribution < -0.4 is 9.47 Å². The normalized spacial score (nSPS) is 16.8. The Bertz CT molecular complexity index is 648. The molecule has 3 heteroatoms. The summed E-state index contributed by atoms with van der Waals surface area (Å²) in [4.78, 5) is 2.63. The predicted molar refractivity (Wildman–Crippen MR) is 112 cm³/mol. The van der Waals surface area contributed by atoms with Crippen LogP contribution >= 0.6 is 0 Å². The SMILES string of the molecule is CCC(CCN1CCC(c2ccccc2)CC1)COc1ccc(OC)cc1. The molecule has 0 radical (unpaired) electrons. The summed E-state index contributed by atoms with van der Waals surface area (Å²) in [7, 11) is 1.69. The van der Waals surface area contributed by atoms with Crippen LogP contribution in [0.2, 0.25) is 0 Å². The Balaban J connectivity index is 1.38. The number of benzene rings is 2. The first-order valence-electron chi connectivity index (χ1n) is 10.3. The van der Waals surface area contributed by atoms with Gasteiger partial charge in [-0.2, -0.15) is 0 Å². The van der Waals surface area contributed by atoms with Crippen LogP contribution in [0.3, 0.4) is 0 Å². The summed E-state index contributed by atoms with van der Waals surface area (Å²) in [5.74, 6) is 3.15. The Kier molecular flexibility index (Phi) is 7.58. The van der Waals surface area contributed by atoms with E-state index in [4.69, 9.17) is 9.47 Å². The molecule has 3 nitrogen and oxygen atoms in total. The number of hydrogen-bond acceptors (Lipinski definition) is 3. The van der Waals surface area contributed by atoms with Gasteiger partial charge in [-0.05, 0) is 80.6 Å². The van der Waals surface area contributed by atoms with Crippen LogP contribution in [0.15, 0.2) is 54.6 Å². The second kappa shape index (κ2) is 10.4. The van der Waals surface area contributed by atoms with Gasteiger partial charge in [-0.3, -0.25) is 0 Å². The molecule has 0 aromatic heterocycles. The summed E-state index contributed by atoms with van der Waals surface area (Å²) in [6.45, 7) is 6.68. The zero-order chi connectivity index (χ0) is 18.9. The van der Waals surface area contributed by atoms with Crippen molar-refractivity contribution in [2.45, 2.75) is 38.5 Å². The lowest BCUT2D eigenvalue weighted by atomic mass is 9.89. The van der Waals surface area contributed by atoms with Gasteiger partial charge in [0.05, 0.1) is 13.7 Å². The molecule has 1 heterocycles. The van der Waals surface area contributed by atoms with E-state index in [1.54, 1.807) is 7.11 Å². The molecule has 1 aliphatic rings. The van der Waals surface area contributed by atoms with Crippen molar-refractivity contribution < 1.29 is 9.47 Å². The first-order valence-corrected chi connectivity index (χ1v) is 10.3. The Morgan fingerprint density at radius 2 is 1.63 bits per heavy atom. The van der Waals surface area contributed by atoms with E-state index in [1.807, 2.05) is 24.3 Å². The monoisotopic (exact) mass is 367 g/mol. The molecular formula is C24H33NO2. The maximum absolute atomic E-state index is 6.00. The fourth-order valence-corrected chi connectivity index (χ4v) is 3.87. The van der Waals surface area contributed by atoms with Crippen molar-refractivity contribution in [3.63, 3.8) is 0 Å². The van der Waals surface area contributed by atoms with Crippen molar-refractivity contribution in [2.24, 2.45) is 5.92 Å². The number of nitrogens with zero attached hydrogens (tertiary/aromatic N) is 1. The van der Waals surface area contributed by atoms with Gasteiger partial charge in [-0.25, -0.2) is 0 Å². The molecule has 0 saturated carbocycles. The van der Waals surface area contributed by atoms with Gasteiger partial charge in [-0.15, -0.1) is 0 Å². The lowest BCUT2D eigenvalue weighted by Gasteiger charge is -2.33. The van der Waals surface area contributed by atoms with E-state index in [2.05, 4.69) is 42.2 Å². The molecule has 0 N–H and O–H groups in total. The van der Waals surface area contributed by atoms with Gasteiger partial charge in [0.2, 0.25) is 0 Å². The molecule has 0 spiro atoms. The topological polar surface area (TPSA) is 21.7 Å². The minimum atomic E-state index is 0.610. The number of rotatable bonds is 9. The van der Waals surface area contributed by atoms with Gasteiger partial charge in [0.15, 0.2) is 0 Å². The number of methoxy groups -OCH3 is 1. The molecule has 2 aromatic rings. The second-order valence-corrected chi connectivity index (χ2v) is 7.58. The second-order valence-electron chi connectivity index (χ2n) is 7.58. The van der Waals surface area contributed by atoms with Gasteiger partial charge in [0.1, 0.15) is 11.5 Å². The smallest absolute Gasteiger partial charge is 0.119 e. The molecule has 27 heavy (non-hydrogen) atoms. The van der Waals surface area contributed by atoms with Gasteiger partial charge < -0.3 is 14.4 Å². The van der Waals surface area contributed by atoms with Crippen LogP contribution in [-0.2, 0) is 0 Å². The zero-order valence-electron chi connectivity index (χ0n) is 16.8. The van der Waals surface area contributed by atoms with E-state index >= 15 is 0 Å². The molecule has 2 aromatic carbocycles. The minimum absolute atomic E-state index is 0.610. The van der Waals surface area contributed by atoms with Crippen molar-refractivity contribution in [1.82, 2.24) is 4.90 Å². The highest BCUT2D eigenvalue weighted by molar-refractivity contribution is 5.31. The first-order chi connectivity index (χ1) is 13.3. The average Bonchev–Trinajstić information content (AvgIpc) is 2.75. The van der Waals surface area contributed by atoms with E-state index in [-0.39, 0.29) is 0 Å². The summed E-state index contributed by atoms with van der Waals surface area (Å²) < 4.78 is 11.2. The Hall–Kier alpha value is -2.00. The molecule has 1 fully saturated rings. The molecule has 3 rings (SSSR count). The highest BCUT2D eigenvalue weighted by Gasteiger charge is 2.21. The van der Waals surface area contributed by atoms with Crippen LogP contribution in [0.25, 0.3) is 0 Å². The molecule has 0 amide bonds. The van der Waals surface area contributed by atoms with E-state index in [0.717, 1.165) is 30.4 Å². The number of piperidine rings is 1. The lowest BCUT2D eigenvalue weighted by Crippen LogP contribution is -2.34. The number of ether oxygens (including phenoxy) is 2. The standard InChI is InChI=1S/C24H33NO2/c1-3-20(19-27-24-11-9-23(26-2)10-12-24)13-16-25-17-14-22(15-18-25)21-7-5-4-6-8-21/h4-12,20,22H,3,13-19H2,1-2H3. The summed E-state index contributed by atoms with van der Waals surface area (Å²) in [5, 5.41) is 0. The highest BCUT2D eigenvalue weighted by atomic mass is 16.5. The quantitative estimate of drug-likeness (QED) is 0.595. The Labute approximate surface area is 164 Å². The third-order valence-electron chi connectivity index (χ3n) is 5.83. The fourth-order valence-electron chi connectivity index (χ4n) is 3.87. The molecular weight excluding hydrogens is 334 g/mol. The van der Waals surface area contributed by atoms with Crippen molar-refractivity contribution in [3.8, 4) is 11.5 Å². The van der Waals surface area contributed by atoms with E-state index in [1.165, 1.54) is 44.5 Å². The molecule has 146 valence electrons. The summed E-state index contributed by atoms with van der Waals surface area (Å²) >= 11 is 0. The summed E-state index contributed by atoms with van der Waals surface area (Å²) in [6, 6.07) is 18.9. The van der Waals surface area contributed by atoms with Crippen molar-refractivity contribution in [3.05, 3.63) is 60.2 Å². The average molecular weight is 368 g/mol. The zero-order valence-corrected chi connectivity index (χ0v) is 16.8. The molecule has 1 unspecified atom stereocenters. The number of hydrogen-bond donors (Lipinski definition) is 0. The van der Waals surface area contributed by atoms with Crippen molar-refractivity contribution >= 4 is 0 Å². The van der Waals surface area contributed by atoms with Crippen LogP contribution in [0.1, 0.15) is 44.1 Å². The predicted octanol–water partition coefficient (Wildman–Crippen LogP) is 5.37. The van der Waals surface area contributed by atoms with Gasteiger partial charge in [0.25, 0.3) is 0 Å². The Morgan fingerprint density at radius 3 is 2.26 bits per heavy atom. The maximum atomic E-state index is 6.00. The van der Waals surface area contributed by atoms with Gasteiger partial charge >= 0.3 is 0 Å². The van der Waals surface area contributed by atoms with Crippen LogP contribution in [0, 0.1) is 5.92 Å². The molecule has 1 atom stereocenters. The lowest BCUT2D eigenvalue weighted by molar-refractivity contribution is 0.175. The summed E-state index contributed by atoms with van der Waals surface area (Å²) in [6.07, 6.45) is 4.94. The van der Waals surface area contributed by atoms with Gasteiger partial charge in [0, 0.05) is 0 Å². The van der Waals surface area contributed by atoms with Crippen LogP contribution in [0.5, 0.6) is 11.5 Å². The highest BCUT2D eigenvalue weighted by Crippen LogP contribution is 2.28. The molecule has 1 saturated heterocycles. The van der Waals surface area contributed by atoms with Crippen molar-refractivity contribution in [1.29, 1.82) is 0 Å². The van der Waals surface area contributed by atoms with E-state index in [9.17, 15) is 0 Å². The summed E-state index contributed by atoms with van der Waals surface area (Å²) in [5.41, 5.74) is 1.51. The van der Waals surface area contributed by atoms with Gasteiger partial charge in [-0.1, -0.05) is 43.7 Å². The molecule has 0 aliphatic carbocycles. The fraction of sp³-hybridized carbons (Fsp3) is 0.500. The third kappa shape index (κ3) is 6.00. The van der Waals surface area contributed by atoms with Crippen LogP contribution in [-0.4, -0.2) is 38.3 Å². The first kappa shape index (κ1) is 19.8. The third-order valence-corrected chi connectivity index (χ3v) is 5.83. The largest absolute Gasteiger partial charge is 0.497 e. The molecule has 1 aliphatic heterocycles. The minimum Gasteiger partial charge on any atom is -0.497 e. The van der Waals surface area contributed by atoms with E-state index < -0.39 is 0 Å². The number of likely N-dealkylation sites (tertiary alicyclic amines) is 1.